The number of benzene rings is 1. The van der Waals surface area contributed by atoms with Crippen molar-refractivity contribution in [1.29, 1.82) is 0 Å². The van der Waals surface area contributed by atoms with Gasteiger partial charge in [-0.2, -0.15) is 0 Å². The number of aliphatic carboxylic acids is 1. The Balaban J connectivity index is 3.12. The fourth-order valence-corrected chi connectivity index (χ4v) is 1.74. The summed E-state index contributed by atoms with van der Waals surface area (Å²) in [4.78, 5) is 10.2. The Bertz CT molecular complexity index is 505. The fraction of sp³-hybridized carbons (Fsp3) is 0.100. The Morgan fingerprint density at radius 2 is 1.88 bits per heavy atom. The summed E-state index contributed by atoms with van der Waals surface area (Å²) in [5, 5.41) is 13.5. The van der Waals surface area contributed by atoms with Crippen LogP contribution in [0.1, 0.15) is 12.0 Å². The number of primary sulfonamides is 1. The summed E-state index contributed by atoms with van der Waals surface area (Å²) >= 11 is 0. The van der Waals surface area contributed by atoms with Crippen LogP contribution in [-0.2, 0) is 14.8 Å². The highest BCUT2D eigenvalue weighted by molar-refractivity contribution is 7.93. The minimum Gasteiger partial charge on any atom is -0.481 e. The second-order valence-corrected chi connectivity index (χ2v) is 4.75. The predicted molar refractivity (Wildman–Crippen MR) is 59.8 cm³/mol. The minimum absolute atomic E-state index is 0.314. The summed E-state index contributed by atoms with van der Waals surface area (Å²) in [6, 6.07) is 8.52. The van der Waals surface area contributed by atoms with Crippen LogP contribution >= 0.6 is 0 Å². The zero-order chi connectivity index (χ0) is 12.2. The van der Waals surface area contributed by atoms with Crippen molar-refractivity contribution in [3.05, 3.63) is 40.8 Å². The van der Waals surface area contributed by atoms with Crippen LogP contribution in [0.2, 0.25) is 0 Å². The first kappa shape index (κ1) is 12.4. The summed E-state index contributed by atoms with van der Waals surface area (Å²) in [6.07, 6.45) is 0.636. The molecule has 86 valence electrons. The van der Waals surface area contributed by atoms with Crippen molar-refractivity contribution >= 4 is 22.1 Å². The number of carboxylic acid groups (broad SMARTS) is 1. The van der Waals surface area contributed by atoms with Gasteiger partial charge in [0.2, 0.25) is 10.0 Å². The first-order valence-electron chi connectivity index (χ1n) is 4.40. The molecule has 0 aliphatic rings. The van der Waals surface area contributed by atoms with Gasteiger partial charge in [-0.25, -0.2) is 13.6 Å². The third kappa shape index (κ3) is 3.84. The number of hydrogen-bond donors (Lipinski definition) is 2. The van der Waals surface area contributed by atoms with E-state index in [0.717, 1.165) is 0 Å². The summed E-state index contributed by atoms with van der Waals surface area (Å²) in [7, 11) is -3.98. The number of rotatable bonds is 4. The standard InChI is InChI=1S/C10H11NO4S/c11-16(14,15)9(7-10(12)13)6-8-4-2-1-3-5-8/h1-6H,7H2,(H,12,13)(H2,11,14,15). The van der Waals surface area contributed by atoms with Crippen molar-refractivity contribution < 1.29 is 18.3 Å². The Morgan fingerprint density at radius 3 is 2.31 bits per heavy atom. The van der Waals surface area contributed by atoms with Gasteiger partial charge in [0.05, 0.1) is 11.3 Å². The average Bonchev–Trinajstić information content (AvgIpc) is 2.16. The Hall–Kier alpha value is -1.66. The van der Waals surface area contributed by atoms with E-state index in [1.54, 1.807) is 30.3 Å². The maximum Gasteiger partial charge on any atom is 0.308 e. The van der Waals surface area contributed by atoms with Crippen LogP contribution in [0.4, 0.5) is 0 Å². The van der Waals surface area contributed by atoms with Gasteiger partial charge in [-0.15, -0.1) is 0 Å². The molecule has 0 bridgehead atoms. The first-order chi connectivity index (χ1) is 7.39. The van der Waals surface area contributed by atoms with Crippen molar-refractivity contribution in [2.45, 2.75) is 6.42 Å². The predicted octanol–water partition coefficient (Wildman–Crippen LogP) is 0.791. The molecule has 0 heterocycles. The molecule has 16 heavy (non-hydrogen) atoms. The molecule has 1 rings (SSSR count). The molecule has 0 amide bonds. The zero-order valence-corrected chi connectivity index (χ0v) is 9.15. The van der Waals surface area contributed by atoms with E-state index in [1.807, 2.05) is 0 Å². The summed E-state index contributed by atoms with van der Waals surface area (Å²) in [6.45, 7) is 0. The van der Waals surface area contributed by atoms with E-state index in [0.29, 0.717) is 5.56 Å². The van der Waals surface area contributed by atoms with E-state index >= 15 is 0 Å². The molecule has 0 aliphatic carbocycles. The van der Waals surface area contributed by atoms with Gasteiger partial charge >= 0.3 is 5.97 Å². The Labute approximate surface area is 93.3 Å². The van der Waals surface area contributed by atoms with Crippen LogP contribution in [0.3, 0.4) is 0 Å². The van der Waals surface area contributed by atoms with Crippen molar-refractivity contribution in [3.8, 4) is 0 Å². The lowest BCUT2D eigenvalue weighted by Gasteiger charge is -2.01. The molecule has 6 heteroatoms. The lowest BCUT2D eigenvalue weighted by Crippen LogP contribution is -2.17. The number of carboxylic acids is 1. The lowest BCUT2D eigenvalue weighted by atomic mass is 10.2. The molecule has 1 aromatic carbocycles. The maximum absolute atomic E-state index is 11.1. The molecule has 5 nitrogen and oxygen atoms in total. The fourth-order valence-electron chi connectivity index (χ4n) is 1.12. The number of carbonyl (C=O) groups is 1. The summed E-state index contributed by atoms with van der Waals surface area (Å²) in [5.74, 6) is -1.24. The molecular formula is C10H11NO4S. The van der Waals surface area contributed by atoms with Crippen molar-refractivity contribution in [2.75, 3.05) is 0 Å². The molecule has 0 unspecified atom stereocenters. The number of sulfonamides is 1. The SMILES string of the molecule is NS(=O)(=O)C(=Cc1ccccc1)CC(=O)O. The number of nitrogens with two attached hydrogens (primary N) is 1. The molecule has 0 saturated carbocycles. The van der Waals surface area contributed by atoms with Crippen LogP contribution in [-0.4, -0.2) is 19.5 Å². The van der Waals surface area contributed by atoms with Crippen LogP contribution in [0, 0.1) is 0 Å². The molecule has 0 aromatic heterocycles. The van der Waals surface area contributed by atoms with Crippen molar-refractivity contribution in [1.82, 2.24) is 0 Å². The molecule has 0 saturated heterocycles. The monoisotopic (exact) mass is 241 g/mol. The van der Waals surface area contributed by atoms with E-state index in [4.69, 9.17) is 10.2 Å². The largest absolute Gasteiger partial charge is 0.481 e. The van der Waals surface area contributed by atoms with Crippen molar-refractivity contribution in [3.63, 3.8) is 0 Å². The van der Waals surface area contributed by atoms with Gasteiger partial charge in [0.15, 0.2) is 0 Å². The van der Waals surface area contributed by atoms with E-state index in [9.17, 15) is 13.2 Å². The third-order valence-corrected chi connectivity index (χ3v) is 2.81. The van der Waals surface area contributed by atoms with Gasteiger partial charge in [0.25, 0.3) is 0 Å². The molecule has 0 aliphatic heterocycles. The smallest absolute Gasteiger partial charge is 0.308 e. The van der Waals surface area contributed by atoms with Gasteiger partial charge in [-0.1, -0.05) is 30.3 Å². The Morgan fingerprint density at radius 1 is 1.31 bits per heavy atom. The summed E-state index contributed by atoms with van der Waals surface area (Å²) in [5.41, 5.74) is 0.591. The second kappa shape index (κ2) is 4.91. The number of hydrogen-bond acceptors (Lipinski definition) is 3. The van der Waals surface area contributed by atoms with Gasteiger partial charge in [0.1, 0.15) is 0 Å². The van der Waals surface area contributed by atoms with Crippen LogP contribution in [0.25, 0.3) is 6.08 Å². The van der Waals surface area contributed by atoms with Crippen LogP contribution in [0.15, 0.2) is 35.2 Å². The summed E-state index contributed by atoms with van der Waals surface area (Å²) < 4.78 is 22.2. The molecular weight excluding hydrogens is 230 g/mol. The minimum atomic E-state index is -3.98. The molecule has 0 fully saturated rings. The second-order valence-electron chi connectivity index (χ2n) is 3.14. The molecule has 1 aromatic rings. The normalized spacial score (nSPS) is 12.4. The quantitative estimate of drug-likeness (QED) is 0.814. The molecule has 0 spiro atoms. The highest BCUT2D eigenvalue weighted by Gasteiger charge is 2.15. The zero-order valence-electron chi connectivity index (χ0n) is 8.33. The van der Waals surface area contributed by atoms with Gasteiger partial charge in [-0.05, 0) is 11.6 Å². The van der Waals surface area contributed by atoms with Gasteiger partial charge in [-0.3, -0.25) is 4.79 Å². The maximum atomic E-state index is 11.1. The van der Waals surface area contributed by atoms with Gasteiger partial charge in [0, 0.05) is 0 Å². The van der Waals surface area contributed by atoms with Gasteiger partial charge < -0.3 is 5.11 Å². The van der Waals surface area contributed by atoms with Crippen molar-refractivity contribution in [2.24, 2.45) is 5.14 Å². The van der Waals surface area contributed by atoms with E-state index < -0.39 is 22.4 Å². The van der Waals surface area contributed by atoms with E-state index in [-0.39, 0.29) is 4.91 Å². The van der Waals surface area contributed by atoms with Crippen LogP contribution in [0.5, 0.6) is 0 Å². The highest BCUT2D eigenvalue weighted by atomic mass is 32.2. The van der Waals surface area contributed by atoms with E-state index in [2.05, 4.69) is 0 Å². The van der Waals surface area contributed by atoms with E-state index in [1.165, 1.54) is 6.08 Å². The third-order valence-electron chi connectivity index (χ3n) is 1.82. The molecule has 0 atom stereocenters. The molecule has 0 radical (unpaired) electrons. The Kier molecular flexibility index (Phi) is 3.81. The van der Waals surface area contributed by atoms with Crippen LogP contribution < -0.4 is 5.14 Å². The lowest BCUT2D eigenvalue weighted by molar-refractivity contribution is -0.136. The highest BCUT2D eigenvalue weighted by Crippen LogP contribution is 2.13. The molecule has 3 N–H and O–H groups in total. The average molecular weight is 241 g/mol. The first-order valence-corrected chi connectivity index (χ1v) is 5.94. The topological polar surface area (TPSA) is 97.5 Å².